The molecule has 3 unspecified atom stereocenters. The molecule has 0 spiro atoms. The third-order valence-corrected chi connectivity index (χ3v) is 14.6. The second-order valence-electron chi connectivity index (χ2n) is 10.5. The van der Waals surface area contributed by atoms with Crippen molar-refractivity contribution in [1.82, 2.24) is 44.9 Å². The van der Waals surface area contributed by atoms with E-state index in [2.05, 4.69) is 100.0 Å². The number of rotatable bonds is 24. The Labute approximate surface area is 466 Å². The highest BCUT2D eigenvalue weighted by molar-refractivity contribution is 9.12. The number of amides is 3. The van der Waals surface area contributed by atoms with Gasteiger partial charge >= 0.3 is 0 Å². The number of hydrogen-bond donors (Lipinski definition) is 10. The number of carbonyl (C=O) groups excluding carboxylic acids is 3. The summed E-state index contributed by atoms with van der Waals surface area (Å²) in [6.07, 6.45) is 1.97. The highest BCUT2D eigenvalue weighted by atomic mass is 79.9. The van der Waals surface area contributed by atoms with Crippen LogP contribution in [0.1, 0.15) is 0 Å². The van der Waals surface area contributed by atoms with Crippen molar-refractivity contribution in [2.45, 2.75) is 15.3 Å². The van der Waals surface area contributed by atoms with Gasteiger partial charge in [-0.1, -0.05) is 31.9 Å². The molecule has 0 saturated carbocycles. The molecule has 36 heteroatoms. The number of thiol groups is 1. The fourth-order valence-electron chi connectivity index (χ4n) is 2.86. The molecule has 0 saturated heterocycles. The predicted molar refractivity (Wildman–Crippen MR) is 296 cm³/mol. The van der Waals surface area contributed by atoms with Gasteiger partial charge in [0.2, 0.25) is 66.6 Å². The van der Waals surface area contributed by atoms with Crippen LogP contribution in [-0.4, -0.2) is 168 Å². The lowest BCUT2D eigenvalue weighted by atomic mass is 10.5. The molecule has 3 heterocycles. The van der Waals surface area contributed by atoms with Gasteiger partial charge in [-0.05, 0) is 87.5 Å². The molecule has 3 aromatic heterocycles. The fraction of sp³-hybridized carbons (Fsp3) is 0.600. The Morgan fingerprint density at radius 2 is 0.939 bits per heavy atom. The van der Waals surface area contributed by atoms with Gasteiger partial charge in [0.15, 0.2) is 4.24 Å². The number of thioether (sulfide) groups is 5. The maximum absolute atomic E-state index is 11.9. The van der Waals surface area contributed by atoms with Crippen LogP contribution < -0.4 is 50.7 Å². The Hall–Kier alpha value is -0.0300. The van der Waals surface area contributed by atoms with Crippen LogP contribution in [0.2, 0.25) is 41.2 Å². The lowest BCUT2D eigenvalue weighted by Gasteiger charge is -2.13. The third-order valence-electron chi connectivity index (χ3n) is 5.49. The Kier molecular flexibility index (Phi) is 45.9. The number of nitrogens with two attached hydrogens (primary N) is 7. The minimum absolute atomic E-state index is 0.000000000000000444. The van der Waals surface area contributed by atoms with Gasteiger partial charge in [-0.3, -0.25) is 14.4 Å². The molecular weight excluding hydrogens is 1260 g/mol. The van der Waals surface area contributed by atoms with Crippen LogP contribution in [0.5, 0.6) is 0 Å². The van der Waals surface area contributed by atoms with Gasteiger partial charge in [-0.15, -0.1) is 23.5 Å². The van der Waals surface area contributed by atoms with Crippen LogP contribution in [0, 0.1) is 0 Å². The molecular formula is C30H51Br2Cl7N18O3S6. The molecule has 3 amide bonds. The second kappa shape index (κ2) is 47.3. The maximum Gasteiger partial charge on any atom is 0.232 e. The predicted octanol–water partition coefficient (Wildman–Crippen LogP) is 4.34. The van der Waals surface area contributed by atoms with E-state index < -0.39 is 5.25 Å². The number of halogens is 9. The van der Waals surface area contributed by atoms with Crippen LogP contribution in [-0.2, 0) is 14.4 Å². The molecule has 3 rings (SSSR count). The van der Waals surface area contributed by atoms with Gasteiger partial charge in [0, 0.05) is 84.2 Å². The van der Waals surface area contributed by atoms with E-state index in [1.807, 2.05) is 17.7 Å². The quantitative estimate of drug-likeness (QED) is 0.0258. The molecule has 0 aliphatic heterocycles. The average Bonchev–Trinajstić information content (AvgIpc) is 3.31. The highest BCUT2D eigenvalue weighted by Crippen LogP contribution is 2.18. The Bertz CT molecular complexity index is 1730. The normalized spacial score (nSPS) is 11.8. The summed E-state index contributed by atoms with van der Waals surface area (Å²) in [5.74, 6) is 5.11. The molecule has 0 aliphatic rings. The van der Waals surface area contributed by atoms with Crippen molar-refractivity contribution in [3.63, 3.8) is 0 Å². The van der Waals surface area contributed by atoms with Crippen molar-refractivity contribution in [1.29, 1.82) is 0 Å². The minimum Gasteiger partial charge on any atom is -0.369 e. The molecule has 0 fully saturated rings. The number of nitrogens with zero attached hydrogens (tertiary/aromatic N) is 9. The van der Waals surface area contributed by atoms with Gasteiger partial charge in [0.1, 0.15) is 4.83 Å². The molecule has 66 heavy (non-hydrogen) atoms. The van der Waals surface area contributed by atoms with Crippen molar-refractivity contribution in [3.05, 3.63) is 37.0 Å². The summed E-state index contributed by atoms with van der Waals surface area (Å²) < 4.78 is 20.3. The minimum atomic E-state index is -0.402. The maximum atomic E-state index is 11.9. The van der Waals surface area contributed by atoms with E-state index in [1.54, 1.807) is 29.3 Å². The first-order valence-electron chi connectivity index (χ1n) is 19.3. The summed E-state index contributed by atoms with van der Waals surface area (Å²) in [4.78, 5) is 66.5. The van der Waals surface area contributed by atoms with Crippen molar-refractivity contribution >= 4 is 214 Å². The van der Waals surface area contributed by atoms with Gasteiger partial charge in [0.25, 0.3) is 0 Å². The largest absolute Gasteiger partial charge is 0.369 e. The van der Waals surface area contributed by atoms with Crippen molar-refractivity contribution in [2.75, 3.05) is 101 Å². The Morgan fingerprint density at radius 3 is 1.24 bits per heavy atom. The second-order valence-corrected chi connectivity index (χ2v) is 20.9. The average molecular weight is 1320 g/mol. The lowest BCUT2D eigenvalue weighted by molar-refractivity contribution is -0.118. The molecule has 21 nitrogen and oxygen atoms in total. The summed E-state index contributed by atoms with van der Waals surface area (Å²) in [5.41, 5.74) is 26.2. The van der Waals surface area contributed by atoms with E-state index in [1.165, 1.54) is 35.3 Å². The molecule has 0 bridgehead atoms. The first kappa shape index (κ1) is 64.0. The van der Waals surface area contributed by atoms with E-state index in [0.717, 1.165) is 23.1 Å². The summed E-state index contributed by atoms with van der Waals surface area (Å²) in [6.45, 7) is 2.85. The number of anilines is 2. The molecule has 0 aromatic carbocycles. The van der Waals surface area contributed by atoms with E-state index in [9.17, 15) is 14.4 Å². The zero-order chi connectivity index (χ0) is 53.0. The molecule has 0 aliphatic carbocycles. The highest BCUT2D eigenvalue weighted by Gasteiger charge is 2.16. The molecule has 16 N–H and O–H groups in total. The van der Waals surface area contributed by atoms with E-state index in [4.69, 9.17) is 108 Å². The van der Waals surface area contributed by atoms with Crippen LogP contribution in [0.15, 0.2) is 0 Å². The Morgan fingerprint density at radius 1 is 0.606 bits per heavy atom. The summed E-state index contributed by atoms with van der Waals surface area (Å²) >= 11 is 56.4. The Balaban J connectivity index is -0.000000916. The van der Waals surface area contributed by atoms with Gasteiger partial charge in [-0.2, -0.15) is 92.8 Å². The van der Waals surface area contributed by atoms with Crippen molar-refractivity contribution < 1.29 is 18.6 Å². The van der Waals surface area contributed by atoms with Crippen LogP contribution in [0.3, 0.4) is 0 Å². The van der Waals surface area contributed by atoms with Crippen LogP contribution in [0.4, 0.5) is 11.9 Å². The van der Waals surface area contributed by atoms with Gasteiger partial charge in [0.05, 0.1) is 10.5 Å². The van der Waals surface area contributed by atoms with Crippen molar-refractivity contribution in [3.8, 4) is 0 Å². The summed E-state index contributed by atoms with van der Waals surface area (Å²) in [5, 5.41) is 5.85. The van der Waals surface area contributed by atoms with Crippen molar-refractivity contribution in [2.24, 2.45) is 40.1 Å². The zero-order valence-corrected chi connectivity index (χ0v) is 48.0. The van der Waals surface area contributed by atoms with E-state index >= 15 is 0 Å². The smallest absolute Gasteiger partial charge is 0.232 e. The molecule has 3 atom stereocenters. The number of primary amides is 3. The first-order chi connectivity index (χ1) is 32.9. The standard InChI is InChI=1S/C13H15Cl4N9OS2.C7H17N3OS2.C3H5Br2NO.C3Cl3N3.2C2H7NS/c14-8-21-9(15)24-12(23-8)19-1-3-28-5-6(7(18)27)29-4-2-20-13-25-10(16)22-11(17)26-13;8-1-3-12-5-6(7(10)11)13-4-2-9;4-1-2(5)3(6)7;4-1-7-2(5)9-3(6)8-1;1-4-2-3;3-1-2-4/h6H,1-5H2,(H2,18,27)(H,19,21,23,24)(H,20,22,25,26);6H,1-5,8-9H2,(H2,10,11);2H,1H2,(H2,6,7);;2-3H2,1H3;4H,1-3H2/i/hD3. The van der Waals surface area contributed by atoms with E-state index in [-0.39, 0.29) is 76.7 Å². The number of hydrogen-bond acceptors (Lipinski definition) is 24. The number of carbonyl (C=O) groups is 3. The fourth-order valence-corrected chi connectivity index (χ4v) is 8.54. The lowest BCUT2D eigenvalue weighted by Crippen LogP contribution is -2.29. The SMILES string of the molecule is CSCN.Clc1nc(Cl)nc(Cl)n1.NCCS.[2H]NC(=O)C(Br)CBr.[2H]NC(=O)C(CSCCN)SCCN.[2H]NC(=O)C(CSCCNc1nc(Cl)nc(Cl)n1)SCCNc1nc(Cl)nc(Cl)n1. The summed E-state index contributed by atoms with van der Waals surface area (Å²) in [7, 11) is 0. The number of alkyl halides is 2. The van der Waals surface area contributed by atoms with Gasteiger partial charge < -0.3 is 50.7 Å². The number of nitrogens with one attached hydrogen (secondary N) is 2. The summed E-state index contributed by atoms with van der Waals surface area (Å²) in [6, 6.07) is 0. The van der Waals surface area contributed by atoms with Gasteiger partial charge in [-0.25, -0.2) is 0 Å². The third kappa shape index (κ3) is 44.0. The monoisotopic (exact) mass is 1310 g/mol. The van der Waals surface area contributed by atoms with Crippen LogP contribution >= 0.6 is 185 Å². The molecule has 3 aromatic rings. The zero-order valence-electron chi connectivity index (χ0n) is 37.6. The molecule has 378 valence electrons. The topological polar surface area (TPSA) is 373 Å². The molecule has 0 radical (unpaired) electrons. The first-order valence-corrected chi connectivity index (χ1v) is 29.0. The van der Waals surface area contributed by atoms with Crippen LogP contribution in [0.25, 0.3) is 0 Å². The number of aromatic nitrogens is 9. The van der Waals surface area contributed by atoms with E-state index in [0.29, 0.717) is 61.1 Å².